The molecule has 0 spiro atoms. The minimum Gasteiger partial charge on any atom is -0.353 e. The van der Waals surface area contributed by atoms with Crippen molar-refractivity contribution < 1.29 is 0 Å². The van der Waals surface area contributed by atoms with E-state index in [1.54, 1.807) is 7.05 Å². The number of guanidine groups is 1. The molecule has 1 aliphatic rings. The summed E-state index contributed by atoms with van der Waals surface area (Å²) in [4.78, 5) is 6.84. The number of rotatable bonds is 6. The Hall–Kier alpha value is -1.08. The molecular formula is C19H31IN4. The summed E-state index contributed by atoms with van der Waals surface area (Å²) in [5.74, 6) is 0.811. The molecule has 1 heterocycles. The summed E-state index contributed by atoms with van der Waals surface area (Å²) < 4.78 is 0. The van der Waals surface area contributed by atoms with Gasteiger partial charge in [-0.3, -0.25) is 9.89 Å². The van der Waals surface area contributed by atoms with Gasteiger partial charge >= 0.3 is 0 Å². The molecule has 2 N–H and O–H groups in total. The summed E-state index contributed by atoms with van der Waals surface area (Å²) in [5, 5.41) is 6.59. The van der Waals surface area contributed by atoms with Crippen molar-refractivity contribution in [2.24, 2.45) is 4.99 Å². The van der Waals surface area contributed by atoms with E-state index in [0.717, 1.165) is 19.0 Å². The molecule has 0 amide bonds. The van der Waals surface area contributed by atoms with Crippen molar-refractivity contribution in [1.29, 1.82) is 0 Å². The SMILES string of the molecule is C=CCNC(=NC)NCc1ccccc1CN1CCCCC1C.I. The molecule has 0 aromatic heterocycles. The fourth-order valence-corrected chi connectivity index (χ4v) is 3.06. The monoisotopic (exact) mass is 442 g/mol. The summed E-state index contributed by atoms with van der Waals surface area (Å²) in [6.45, 7) is 9.82. The molecule has 0 aliphatic carbocycles. The van der Waals surface area contributed by atoms with Gasteiger partial charge < -0.3 is 10.6 Å². The minimum atomic E-state index is 0. The van der Waals surface area contributed by atoms with E-state index in [1.807, 2.05) is 6.08 Å². The first-order chi connectivity index (χ1) is 11.2. The Morgan fingerprint density at radius 1 is 1.29 bits per heavy atom. The Bertz CT molecular complexity index is 530. The first-order valence-corrected chi connectivity index (χ1v) is 8.61. The average molecular weight is 442 g/mol. The van der Waals surface area contributed by atoms with E-state index in [0.29, 0.717) is 12.6 Å². The number of likely N-dealkylation sites (tertiary alicyclic amines) is 1. The quantitative estimate of drug-likeness (QED) is 0.307. The van der Waals surface area contributed by atoms with Crippen LogP contribution < -0.4 is 10.6 Å². The van der Waals surface area contributed by atoms with E-state index in [1.165, 1.54) is 36.9 Å². The van der Waals surface area contributed by atoms with Gasteiger partial charge in [0, 0.05) is 32.7 Å². The van der Waals surface area contributed by atoms with Gasteiger partial charge in [-0.15, -0.1) is 30.6 Å². The number of nitrogens with zero attached hydrogens (tertiary/aromatic N) is 2. The lowest BCUT2D eigenvalue weighted by Gasteiger charge is -2.33. The third-order valence-corrected chi connectivity index (χ3v) is 4.52. The lowest BCUT2D eigenvalue weighted by Crippen LogP contribution is -2.38. The average Bonchev–Trinajstić information content (AvgIpc) is 2.58. The number of halogens is 1. The molecule has 5 heteroatoms. The van der Waals surface area contributed by atoms with Crippen molar-refractivity contribution >= 4 is 29.9 Å². The standard InChI is InChI=1S/C19H30N4.HI/c1-4-12-21-19(20-3)22-14-17-10-5-6-11-18(17)15-23-13-8-7-9-16(23)2;/h4-6,10-11,16H,1,7-9,12-15H2,2-3H3,(H2,20,21,22);1H. The third-order valence-electron chi connectivity index (χ3n) is 4.52. The Labute approximate surface area is 163 Å². The van der Waals surface area contributed by atoms with E-state index < -0.39 is 0 Å². The normalized spacial score (nSPS) is 18.6. The molecule has 1 saturated heterocycles. The van der Waals surface area contributed by atoms with Crippen molar-refractivity contribution in [2.75, 3.05) is 20.1 Å². The topological polar surface area (TPSA) is 39.7 Å². The summed E-state index contributed by atoms with van der Waals surface area (Å²) in [6.07, 6.45) is 5.84. The molecule has 2 rings (SSSR count). The molecule has 1 aliphatic heterocycles. The van der Waals surface area contributed by atoms with Crippen molar-refractivity contribution in [3.63, 3.8) is 0 Å². The van der Waals surface area contributed by atoms with E-state index in [4.69, 9.17) is 0 Å². The first-order valence-electron chi connectivity index (χ1n) is 8.61. The van der Waals surface area contributed by atoms with Crippen molar-refractivity contribution in [1.82, 2.24) is 15.5 Å². The van der Waals surface area contributed by atoms with E-state index in [-0.39, 0.29) is 24.0 Å². The molecule has 0 saturated carbocycles. The predicted octanol–water partition coefficient (Wildman–Crippen LogP) is 3.53. The number of aliphatic imine (C=N–C) groups is 1. The number of hydrogen-bond donors (Lipinski definition) is 2. The highest BCUT2D eigenvalue weighted by molar-refractivity contribution is 14.0. The van der Waals surface area contributed by atoms with Crippen LogP contribution >= 0.6 is 24.0 Å². The lowest BCUT2D eigenvalue weighted by molar-refractivity contribution is 0.152. The second kappa shape index (κ2) is 11.5. The van der Waals surface area contributed by atoms with Gasteiger partial charge in [0.25, 0.3) is 0 Å². The van der Waals surface area contributed by atoms with Crippen molar-refractivity contribution in [3.05, 3.63) is 48.0 Å². The van der Waals surface area contributed by atoms with Gasteiger partial charge in [0.05, 0.1) is 0 Å². The van der Waals surface area contributed by atoms with Crippen LogP contribution in [0.1, 0.15) is 37.3 Å². The highest BCUT2D eigenvalue weighted by Gasteiger charge is 2.19. The van der Waals surface area contributed by atoms with Crippen LogP contribution in [0.3, 0.4) is 0 Å². The van der Waals surface area contributed by atoms with Crippen LogP contribution in [-0.4, -0.2) is 37.0 Å². The maximum absolute atomic E-state index is 4.23. The zero-order chi connectivity index (χ0) is 16.5. The largest absolute Gasteiger partial charge is 0.353 e. The van der Waals surface area contributed by atoms with Gasteiger partial charge in [-0.1, -0.05) is 36.8 Å². The van der Waals surface area contributed by atoms with Crippen LogP contribution in [0.2, 0.25) is 0 Å². The van der Waals surface area contributed by atoms with Crippen LogP contribution in [-0.2, 0) is 13.1 Å². The molecule has 0 radical (unpaired) electrons. The van der Waals surface area contributed by atoms with Gasteiger partial charge in [-0.05, 0) is 37.4 Å². The summed E-state index contributed by atoms with van der Waals surface area (Å²) in [7, 11) is 1.79. The summed E-state index contributed by atoms with van der Waals surface area (Å²) >= 11 is 0. The van der Waals surface area contributed by atoms with Gasteiger partial charge in [-0.25, -0.2) is 0 Å². The third kappa shape index (κ3) is 6.43. The summed E-state index contributed by atoms with van der Waals surface area (Å²) in [5.41, 5.74) is 2.75. The fourth-order valence-electron chi connectivity index (χ4n) is 3.06. The molecule has 1 fully saturated rings. The molecule has 24 heavy (non-hydrogen) atoms. The smallest absolute Gasteiger partial charge is 0.191 e. The number of hydrogen-bond acceptors (Lipinski definition) is 2. The van der Waals surface area contributed by atoms with Gasteiger partial charge in [0.15, 0.2) is 5.96 Å². The Balaban J connectivity index is 0.00000288. The maximum Gasteiger partial charge on any atom is 0.191 e. The summed E-state index contributed by atoms with van der Waals surface area (Å²) in [6, 6.07) is 9.39. The Kier molecular flexibility index (Phi) is 10.0. The van der Waals surface area contributed by atoms with Crippen LogP contribution in [0.5, 0.6) is 0 Å². The first kappa shape index (κ1) is 21.0. The van der Waals surface area contributed by atoms with Crippen LogP contribution in [0.15, 0.2) is 41.9 Å². The minimum absolute atomic E-state index is 0. The molecular weight excluding hydrogens is 411 g/mol. The molecule has 1 aromatic rings. The molecule has 0 bridgehead atoms. The molecule has 134 valence electrons. The molecule has 1 aromatic carbocycles. The van der Waals surface area contributed by atoms with Crippen molar-refractivity contribution in [3.8, 4) is 0 Å². The van der Waals surface area contributed by atoms with Gasteiger partial charge in [0.1, 0.15) is 0 Å². The zero-order valence-electron chi connectivity index (χ0n) is 14.9. The number of benzene rings is 1. The maximum atomic E-state index is 4.23. The van der Waals surface area contributed by atoms with Crippen molar-refractivity contribution in [2.45, 2.75) is 45.3 Å². The van der Waals surface area contributed by atoms with Gasteiger partial charge in [-0.2, -0.15) is 0 Å². The van der Waals surface area contributed by atoms with Crippen LogP contribution in [0.4, 0.5) is 0 Å². The lowest BCUT2D eigenvalue weighted by atomic mass is 10.0. The highest BCUT2D eigenvalue weighted by Crippen LogP contribution is 2.20. The van der Waals surface area contributed by atoms with E-state index in [2.05, 4.69) is 58.3 Å². The zero-order valence-corrected chi connectivity index (χ0v) is 17.3. The van der Waals surface area contributed by atoms with Crippen LogP contribution in [0.25, 0.3) is 0 Å². The number of nitrogens with one attached hydrogen (secondary N) is 2. The molecule has 1 unspecified atom stereocenters. The highest BCUT2D eigenvalue weighted by atomic mass is 127. The Morgan fingerprint density at radius 2 is 2.04 bits per heavy atom. The predicted molar refractivity (Wildman–Crippen MR) is 114 cm³/mol. The molecule has 1 atom stereocenters. The van der Waals surface area contributed by atoms with E-state index in [9.17, 15) is 0 Å². The molecule has 4 nitrogen and oxygen atoms in total. The van der Waals surface area contributed by atoms with E-state index >= 15 is 0 Å². The fraction of sp³-hybridized carbons (Fsp3) is 0.526. The second-order valence-corrected chi connectivity index (χ2v) is 6.18. The van der Waals surface area contributed by atoms with Gasteiger partial charge in [0.2, 0.25) is 0 Å². The second-order valence-electron chi connectivity index (χ2n) is 6.18. The van der Waals surface area contributed by atoms with Crippen LogP contribution in [0, 0.1) is 0 Å². The Morgan fingerprint density at radius 3 is 2.71 bits per heavy atom. The number of piperidine rings is 1.